The SMILES string of the molecule is NC/C(=C/F)Cn1ncn(-c2ncc(-c3ccc4nonc4c3)s2)c1=O. The van der Waals surface area contributed by atoms with Crippen molar-refractivity contribution in [1.82, 2.24) is 29.6 Å². The van der Waals surface area contributed by atoms with Crippen molar-refractivity contribution < 1.29 is 9.02 Å². The van der Waals surface area contributed by atoms with Gasteiger partial charge in [0.05, 0.1) is 17.8 Å². The van der Waals surface area contributed by atoms with E-state index in [-0.39, 0.29) is 18.7 Å². The molecule has 11 heteroatoms. The van der Waals surface area contributed by atoms with Gasteiger partial charge in [-0.25, -0.2) is 28.0 Å². The Hall–Kier alpha value is -3.18. The van der Waals surface area contributed by atoms with Gasteiger partial charge in [0.2, 0.25) is 0 Å². The fraction of sp³-hybridized carbons (Fsp3) is 0.133. The van der Waals surface area contributed by atoms with Gasteiger partial charge >= 0.3 is 5.69 Å². The van der Waals surface area contributed by atoms with Crippen molar-refractivity contribution in [2.75, 3.05) is 6.54 Å². The Bertz CT molecular complexity index is 1160. The second kappa shape index (κ2) is 6.61. The molecule has 0 radical (unpaired) electrons. The van der Waals surface area contributed by atoms with Crippen LogP contribution in [0.3, 0.4) is 0 Å². The maximum atomic E-state index is 12.7. The molecule has 0 amide bonds. The molecule has 0 spiro atoms. The molecule has 0 saturated carbocycles. The van der Waals surface area contributed by atoms with Crippen LogP contribution in [-0.2, 0) is 6.54 Å². The predicted octanol–water partition coefficient (Wildman–Crippen LogP) is 1.51. The van der Waals surface area contributed by atoms with Crippen molar-refractivity contribution in [1.29, 1.82) is 0 Å². The summed E-state index contributed by atoms with van der Waals surface area (Å²) in [5.74, 6) is 0. The highest BCUT2D eigenvalue weighted by Crippen LogP contribution is 2.29. The molecule has 9 nitrogen and oxygen atoms in total. The van der Waals surface area contributed by atoms with E-state index in [0.717, 1.165) is 15.1 Å². The van der Waals surface area contributed by atoms with Crippen molar-refractivity contribution in [3.8, 4) is 15.6 Å². The molecule has 3 aromatic heterocycles. The fourth-order valence-electron chi connectivity index (χ4n) is 2.36. The molecule has 0 saturated heterocycles. The molecule has 132 valence electrons. The monoisotopic (exact) mass is 373 g/mol. The molecular formula is C15H12FN7O2S. The summed E-state index contributed by atoms with van der Waals surface area (Å²) in [7, 11) is 0. The smallest absolute Gasteiger partial charge is 0.327 e. The number of rotatable bonds is 5. The first-order chi connectivity index (χ1) is 12.7. The topological polar surface area (TPSA) is 118 Å². The molecule has 26 heavy (non-hydrogen) atoms. The van der Waals surface area contributed by atoms with Crippen LogP contribution >= 0.6 is 11.3 Å². The number of benzene rings is 1. The first kappa shape index (κ1) is 16.3. The second-order valence-corrected chi connectivity index (χ2v) is 6.40. The van der Waals surface area contributed by atoms with E-state index in [9.17, 15) is 9.18 Å². The first-order valence-corrected chi connectivity index (χ1v) is 8.33. The molecular weight excluding hydrogens is 361 g/mol. The van der Waals surface area contributed by atoms with Gasteiger partial charge in [0.1, 0.15) is 17.4 Å². The van der Waals surface area contributed by atoms with E-state index in [1.54, 1.807) is 12.3 Å². The van der Waals surface area contributed by atoms with E-state index >= 15 is 0 Å². The lowest BCUT2D eigenvalue weighted by atomic mass is 10.2. The van der Waals surface area contributed by atoms with Gasteiger partial charge in [-0.15, -0.1) is 0 Å². The van der Waals surface area contributed by atoms with Crippen LogP contribution in [0.4, 0.5) is 4.39 Å². The minimum absolute atomic E-state index is 0.00705. The number of fused-ring (bicyclic) bond motifs is 1. The molecule has 1 aromatic carbocycles. The van der Waals surface area contributed by atoms with E-state index < -0.39 is 5.69 Å². The average molecular weight is 373 g/mol. The molecule has 0 atom stereocenters. The Labute approximate surface area is 149 Å². The lowest BCUT2D eigenvalue weighted by molar-refractivity contribution is 0.315. The number of nitrogens with two attached hydrogens (primary N) is 1. The van der Waals surface area contributed by atoms with Crippen molar-refractivity contribution in [2.24, 2.45) is 5.73 Å². The molecule has 0 fully saturated rings. The van der Waals surface area contributed by atoms with Gasteiger partial charge in [0.25, 0.3) is 0 Å². The zero-order chi connectivity index (χ0) is 18.1. The Balaban J connectivity index is 1.66. The number of nitrogens with zero attached hydrogens (tertiary/aromatic N) is 6. The first-order valence-electron chi connectivity index (χ1n) is 7.51. The zero-order valence-corrected chi connectivity index (χ0v) is 14.1. The summed E-state index contributed by atoms with van der Waals surface area (Å²) >= 11 is 1.31. The summed E-state index contributed by atoms with van der Waals surface area (Å²) in [6, 6.07) is 5.49. The number of thiazole rings is 1. The molecule has 3 heterocycles. The lowest BCUT2D eigenvalue weighted by Gasteiger charge is -2.00. The van der Waals surface area contributed by atoms with Crippen molar-refractivity contribution >= 4 is 22.4 Å². The summed E-state index contributed by atoms with van der Waals surface area (Å²) in [5, 5.41) is 12.0. The maximum absolute atomic E-state index is 12.7. The number of hydrogen-bond acceptors (Lipinski definition) is 8. The predicted molar refractivity (Wildman–Crippen MR) is 92.5 cm³/mol. The normalized spacial score (nSPS) is 12.2. The number of halogens is 1. The fourth-order valence-corrected chi connectivity index (χ4v) is 3.23. The van der Waals surface area contributed by atoms with E-state index in [1.807, 2.05) is 12.1 Å². The summed E-state index contributed by atoms with van der Waals surface area (Å²) in [4.78, 5) is 17.6. The van der Waals surface area contributed by atoms with Crippen LogP contribution in [0.1, 0.15) is 0 Å². The third kappa shape index (κ3) is 2.82. The molecule has 0 bridgehead atoms. The summed E-state index contributed by atoms with van der Waals surface area (Å²) in [5.41, 5.74) is 7.43. The van der Waals surface area contributed by atoms with Crippen molar-refractivity contribution in [2.45, 2.75) is 6.54 Å². The van der Waals surface area contributed by atoms with E-state index in [0.29, 0.717) is 22.5 Å². The van der Waals surface area contributed by atoms with Crippen molar-refractivity contribution in [3.05, 3.63) is 53.1 Å². The molecule has 2 N–H and O–H groups in total. The van der Waals surface area contributed by atoms with Crippen LogP contribution < -0.4 is 11.4 Å². The Kier molecular flexibility index (Phi) is 4.14. The van der Waals surface area contributed by atoms with Crippen LogP contribution in [0.2, 0.25) is 0 Å². The van der Waals surface area contributed by atoms with Crippen LogP contribution in [0.5, 0.6) is 0 Å². The van der Waals surface area contributed by atoms with Crippen LogP contribution in [-0.4, -0.2) is 36.2 Å². The summed E-state index contributed by atoms with van der Waals surface area (Å²) < 4.78 is 19.8. The van der Waals surface area contributed by atoms with Crippen molar-refractivity contribution in [3.63, 3.8) is 0 Å². The standard InChI is InChI=1S/C15H12FN7O2S/c16-4-9(5-17)7-23-15(24)22(8-19-23)14-18-6-13(26-14)10-1-2-11-12(3-10)21-25-20-11/h1-4,6,8H,5,7,17H2/b9-4-. The lowest BCUT2D eigenvalue weighted by Crippen LogP contribution is -2.25. The Morgan fingerprint density at radius 3 is 3.00 bits per heavy atom. The van der Waals surface area contributed by atoms with Gasteiger partial charge < -0.3 is 5.73 Å². The largest absolute Gasteiger partial charge is 0.352 e. The summed E-state index contributed by atoms with van der Waals surface area (Å²) in [6.07, 6.45) is 3.40. The minimum Gasteiger partial charge on any atom is -0.327 e. The van der Waals surface area contributed by atoms with Gasteiger partial charge in [-0.05, 0) is 33.6 Å². The molecule has 0 aliphatic rings. The maximum Gasteiger partial charge on any atom is 0.352 e. The highest BCUT2D eigenvalue weighted by Gasteiger charge is 2.13. The van der Waals surface area contributed by atoms with Crippen LogP contribution in [0.15, 0.2) is 52.0 Å². The number of aromatic nitrogens is 6. The van der Waals surface area contributed by atoms with E-state index in [1.165, 1.54) is 22.2 Å². The third-order valence-corrected chi connectivity index (χ3v) is 4.79. The second-order valence-electron chi connectivity index (χ2n) is 5.39. The highest BCUT2D eigenvalue weighted by molar-refractivity contribution is 7.17. The Morgan fingerprint density at radius 1 is 1.35 bits per heavy atom. The molecule has 0 aliphatic heterocycles. The molecule has 4 rings (SSSR count). The third-order valence-electron chi connectivity index (χ3n) is 3.74. The molecule has 4 aromatic rings. The molecule has 0 unspecified atom stereocenters. The number of hydrogen-bond donors (Lipinski definition) is 1. The zero-order valence-electron chi connectivity index (χ0n) is 13.2. The van der Waals surface area contributed by atoms with Gasteiger partial charge in [-0.3, -0.25) is 0 Å². The van der Waals surface area contributed by atoms with E-state index in [2.05, 4.69) is 20.4 Å². The van der Waals surface area contributed by atoms with Gasteiger partial charge in [-0.2, -0.15) is 5.10 Å². The van der Waals surface area contributed by atoms with Crippen LogP contribution in [0.25, 0.3) is 26.6 Å². The average Bonchev–Trinajstić information content (AvgIpc) is 3.39. The Morgan fingerprint density at radius 2 is 2.19 bits per heavy atom. The minimum atomic E-state index is -0.421. The van der Waals surface area contributed by atoms with Gasteiger partial charge in [0.15, 0.2) is 5.13 Å². The highest BCUT2D eigenvalue weighted by atomic mass is 32.1. The van der Waals surface area contributed by atoms with E-state index in [4.69, 9.17) is 10.4 Å². The van der Waals surface area contributed by atoms with Gasteiger partial charge in [0, 0.05) is 12.7 Å². The summed E-state index contributed by atoms with van der Waals surface area (Å²) in [6.45, 7) is 0.00345. The quantitative estimate of drug-likeness (QED) is 0.563. The van der Waals surface area contributed by atoms with Gasteiger partial charge in [-0.1, -0.05) is 17.4 Å². The molecule has 0 aliphatic carbocycles. The van der Waals surface area contributed by atoms with Crippen LogP contribution in [0, 0.1) is 0 Å².